The molecule has 4 N–H and O–H groups in total. The number of benzene rings is 1. The van der Waals surface area contributed by atoms with Crippen LogP contribution >= 0.6 is 0 Å². The number of anilines is 1. The van der Waals surface area contributed by atoms with Gasteiger partial charge in [0.1, 0.15) is 5.75 Å². The summed E-state index contributed by atoms with van der Waals surface area (Å²) >= 11 is 0. The number of hydrogen-bond donors (Lipinski definition) is 3. The fourth-order valence-corrected chi connectivity index (χ4v) is 1.72. The maximum Gasteiger partial charge on any atom is 0.118 e. The third-order valence-electron chi connectivity index (χ3n) is 2.71. The molecule has 96 valence electrons. The van der Waals surface area contributed by atoms with E-state index in [2.05, 4.69) is 15.5 Å². The Hall–Kier alpha value is -2.01. The van der Waals surface area contributed by atoms with Gasteiger partial charge < -0.3 is 15.8 Å². The first-order valence-corrected chi connectivity index (χ1v) is 5.97. The highest BCUT2D eigenvalue weighted by molar-refractivity contribution is 5.73. The number of rotatable bonds is 6. The zero-order valence-electron chi connectivity index (χ0n) is 10.4. The highest BCUT2D eigenvalue weighted by atomic mass is 16.5. The standard InChI is InChI=1S/C13H18N4O/c1-18-11-5-3-10(4-6-11)13-12(9-16-17-13)15-8-2-7-14/h3-6,9,15H,2,7-8,14H2,1H3,(H,16,17). The average Bonchev–Trinajstić information content (AvgIpc) is 2.88. The Morgan fingerprint density at radius 3 is 2.78 bits per heavy atom. The Labute approximate surface area is 106 Å². The van der Waals surface area contributed by atoms with E-state index in [9.17, 15) is 0 Å². The van der Waals surface area contributed by atoms with Gasteiger partial charge in [-0.25, -0.2) is 0 Å². The molecule has 0 spiro atoms. The van der Waals surface area contributed by atoms with E-state index in [1.807, 2.05) is 24.3 Å². The molecule has 1 aromatic heterocycles. The molecule has 0 saturated carbocycles. The van der Waals surface area contributed by atoms with Gasteiger partial charge in [0.05, 0.1) is 24.7 Å². The first-order chi connectivity index (χ1) is 8.85. The summed E-state index contributed by atoms with van der Waals surface area (Å²) in [6.45, 7) is 1.53. The van der Waals surface area contributed by atoms with E-state index in [1.54, 1.807) is 13.3 Å². The summed E-state index contributed by atoms with van der Waals surface area (Å²) in [7, 11) is 1.66. The lowest BCUT2D eigenvalue weighted by Crippen LogP contribution is -2.08. The molecular weight excluding hydrogens is 228 g/mol. The van der Waals surface area contributed by atoms with Gasteiger partial charge >= 0.3 is 0 Å². The molecule has 1 heterocycles. The summed E-state index contributed by atoms with van der Waals surface area (Å²) in [6.07, 6.45) is 2.73. The first-order valence-electron chi connectivity index (χ1n) is 5.97. The zero-order valence-corrected chi connectivity index (χ0v) is 10.4. The number of hydrogen-bond acceptors (Lipinski definition) is 4. The van der Waals surface area contributed by atoms with Crippen molar-refractivity contribution in [3.05, 3.63) is 30.5 Å². The van der Waals surface area contributed by atoms with Gasteiger partial charge in [-0.05, 0) is 37.2 Å². The van der Waals surface area contributed by atoms with Gasteiger partial charge in [0.2, 0.25) is 0 Å². The average molecular weight is 246 g/mol. The van der Waals surface area contributed by atoms with Crippen LogP contribution in [0.5, 0.6) is 5.75 Å². The van der Waals surface area contributed by atoms with Crippen molar-refractivity contribution in [2.45, 2.75) is 6.42 Å². The summed E-state index contributed by atoms with van der Waals surface area (Å²) in [5.41, 5.74) is 8.52. The molecule has 0 aliphatic carbocycles. The number of methoxy groups -OCH3 is 1. The van der Waals surface area contributed by atoms with Gasteiger partial charge in [0, 0.05) is 12.1 Å². The second-order valence-corrected chi connectivity index (χ2v) is 3.96. The molecule has 5 heteroatoms. The third kappa shape index (κ3) is 2.81. The first kappa shape index (κ1) is 12.4. The highest BCUT2D eigenvalue weighted by Crippen LogP contribution is 2.26. The second-order valence-electron chi connectivity index (χ2n) is 3.96. The smallest absolute Gasteiger partial charge is 0.118 e. The zero-order chi connectivity index (χ0) is 12.8. The van der Waals surface area contributed by atoms with E-state index >= 15 is 0 Å². The van der Waals surface area contributed by atoms with Crippen LogP contribution in [0.25, 0.3) is 11.3 Å². The van der Waals surface area contributed by atoms with Gasteiger partial charge in [-0.15, -0.1) is 0 Å². The Morgan fingerprint density at radius 2 is 2.11 bits per heavy atom. The fourth-order valence-electron chi connectivity index (χ4n) is 1.72. The molecule has 0 aliphatic heterocycles. The monoisotopic (exact) mass is 246 g/mol. The lowest BCUT2D eigenvalue weighted by atomic mass is 10.1. The fraction of sp³-hybridized carbons (Fsp3) is 0.308. The van der Waals surface area contributed by atoms with Crippen LogP contribution in [0.15, 0.2) is 30.5 Å². The number of nitrogens with zero attached hydrogens (tertiary/aromatic N) is 1. The van der Waals surface area contributed by atoms with Crippen molar-refractivity contribution in [3.8, 4) is 17.0 Å². The maximum atomic E-state index is 5.47. The van der Waals surface area contributed by atoms with Crippen LogP contribution in [0.2, 0.25) is 0 Å². The minimum absolute atomic E-state index is 0.683. The largest absolute Gasteiger partial charge is 0.497 e. The topological polar surface area (TPSA) is 76.0 Å². The molecule has 0 radical (unpaired) electrons. The summed E-state index contributed by atoms with van der Waals surface area (Å²) < 4.78 is 5.14. The molecule has 5 nitrogen and oxygen atoms in total. The van der Waals surface area contributed by atoms with E-state index in [1.165, 1.54) is 0 Å². The van der Waals surface area contributed by atoms with Crippen molar-refractivity contribution < 1.29 is 4.74 Å². The molecule has 2 aromatic rings. The van der Waals surface area contributed by atoms with Gasteiger partial charge in [-0.2, -0.15) is 5.10 Å². The van der Waals surface area contributed by atoms with Crippen LogP contribution in [0.1, 0.15) is 6.42 Å². The van der Waals surface area contributed by atoms with Crippen molar-refractivity contribution in [2.24, 2.45) is 5.73 Å². The molecule has 18 heavy (non-hydrogen) atoms. The van der Waals surface area contributed by atoms with E-state index in [-0.39, 0.29) is 0 Å². The number of nitrogens with two attached hydrogens (primary N) is 1. The number of nitrogens with one attached hydrogen (secondary N) is 2. The van der Waals surface area contributed by atoms with Crippen LogP contribution < -0.4 is 15.8 Å². The molecule has 0 bridgehead atoms. The number of H-pyrrole nitrogens is 1. The lowest BCUT2D eigenvalue weighted by molar-refractivity contribution is 0.415. The Balaban J connectivity index is 2.14. The second kappa shape index (κ2) is 6.07. The normalized spacial score (nSPS) is 10.3. The Morgan fingerprint density at radius 1 is 1.33 bits per heavy atom. The molecule has 0 amide bonds. The van der Waals surface area contributed by atoms with Crippen molar-refractivity contribution in [1.82, 2.24) is 10.2 Å². The number of aromatic amines is 1. The summed E-state index contributed by atoms with van der Waals surface area (Å²) in [5.74, 6) is 0.843. The molecule has 0 atom stereocenters. The summed E-state index contributed by atoms with van der Waals surface area (Å²) in [6, 6.07) is 7.86. The Bertz CT molecular complexity index is 478. The van der Waals surface area contributed by atoms with Gasteiger partial charge in [0.25, 0.3) is 0 Å². The van der Waals surface area contributed by atoms with E-state index in [0.717, 1.165) is 35.7 Å². The number of aromatic nitrogens is 2. The molecule has 0 unspecified atom stereocenters. The van der Waals surface area contributed by atoms with Crippen molar-refractivity contribution in [3.63, 3.8) is 0 Å². The van der Waals surface area contributed by atoms with Crippen molar-refractivity contribution in [2.75, 3.05) is 25.5 Å². The predicted octanol–water partition coefficient (Wildman–Crippen LogP) is 1.85. The quantitative estimate of drug-likeness (QED) is 0.680. The van der Waals surface area contributed by atoms with Crippen molar-refractivity contribution >= 4 is 5.69 Å². The summed E-state index contributed by atoms with van der Waals surface area (Å²) in [5, 5.41) is 10.4. The van der Waals surface area contributed by atoms with E-state index in [0.29, 0.717) is 6.54 Å². The minimum Gasteiger partial charge on any atom is -0.497 e. The SMILES string of the molecule is COc1ccc(-c2[nH]ncc2NCCCN)cc1. The van der Waals surface area contributed by atoms with Crippen LogP contribution in [-0.2, 0) is 0 Å². The van der Waals surface area contributed by atoms with Gasteiger partial charge in [0.15, 0.2) is 0 Å². The van der Waals surface area contributed by atoms with E-state index in [4.69, 9.17) is 10.5 Å². The molecule has 2 rings (SSSR count). The Kier molecular flexibility index (Phi) is 4.20. The van der Waals surface area contributed by atoms with Gasteiger partial charge in [-0.1, -0.05) is 0 Å². The highest BCUT2D eigenvalue weighted by Gasteiger charge is 2.07. The van der Waals surface area contributed by atoms with Crippen LogP contribution in [0, 0.1) is 0 Å². The van der Waals surface area contributed by atoms with E-state index < -0.39 is 0 Å². The van der Waals surface area contributed by atoms with Crippen LogP contribution in [0.3, 0.4) is 0 Å². The number of ether oxygens (including phenoxy) is 1. The third-order valence-corrected chi connectivity index (χ3v) is 2.71. The van der Waals surface area contributed by atoms with Crippen LogP contribution in [0.4, 0.5) is 5.69 Å². The summed E-state index contributed by atoms with van der Waals surface area (Å²) in [4.78, 5) is 0. The molecule has 0 fully saturated rings. The minimum atomic E-state index is 0.683. The maximum absolute atomic E-state index is 5.47. The molecule has 1 aromatic carbocycles. The van der Waals surface area contributed by atoms with Gasteiger partial charge in [-0.3, -0.25) is 5.10 Å². The van der Waals surface area contributed by atoms with Crippen LogP contribution in [-0.4, -0.2) is 30.4 Å². The molecule has 0 saturated heterocycles. The molecular formula is C13H18N4O. The van der Waals surface area contributed by atoms with Crippen molar-refractivity contribution in [1.29, 1.82) is 0 Å². The lowest BCUT2D eigenvalue weighted by Gasteiger charge is -2.07. The predicted molar refractivity (Wildman–Crippen MR) is 72.7 cm³/mol. The molecule has 0 aliphatic rings.